The van der Waals surface area contributed by atoms with Crippen molar-refractivity contribution in [2.75, 3.05) is 24.6 Å². The monoisotopic (exact) mass is 453 g/mol. The predicted octanol–water partition coefficient (Wildman–Crippen LogP) is 3.50. The molecule has 1 aliphatic heterocycles. The Bertz CT molecular complexity index is 909. The van der Waals surface area contributed by atoms with Crippen molar-refractivity contribution in [2.24, 2.45) is 5.92 Å². The van der Waals surface area contributed by atoms with Gasteiger partial charge in [-0.1, -0.05) is 50.7 Å². The lowest BCUT2D eigenvalue weighted by molar-refractivity contribution is -0.138. The van der Waals surface area contributed by atoms with Gasteiger partial charge in [-0.25, -0.2) is 4.98 Å². The molecular weight excluding hydrogens is 420 g/mol. The number of carbonyl (C=O) groups excluding carboxylic acids is 1. The van der Waals surface area contributed by atoms with Crippen LogP contribution in [0.1, 0.15) is 42.6 Å². The number of hydrogen-bond donors (Lipinski definition) is 2. The molecule has 1 amide bonds. The van der Waals surface area contributed by atoms with Crippen LogP contribution in [0.3, 0.4) is 0 Å². The lowest BCUT2D eigenvalue weighted by Crippen LogP contribution is -2.61. The summed E-state index contributed by atoms with van der Waals surface area (Å²) in [6.07, 6.45) is 3.17. The molecule has 0 unspecified atom stereocenters. The van der Waals surface area contributed by atoms with Crippen molar-refractivity contribution in [3.05, 3.63) is 59.8 Å². The quantitative estimate of drug-likeness (QED) is 0.565. The summed E-state index contributed by atoms with van der Waals surface area (Å²) in [6.45, 7) is 8.58. The van der Waals surface area contributed by atoms with Crippen LogP contribution in [0.5, 0.6) is 0 Å². The molecule has 7 nitrogen and oxygen atoms in total. The molecule has 2 aromatic rings. The minimum atomic E-state index is -1.03. The number of amides is 1. The molecular formula is C24H33N4O3Si. The van der Waals surface area contributed by atoms with Crippen LogP contribution in [0.4, 0.5) is 5.82 Å². The maximum atomic E-state index is 13.6. The van der Waals surface area contributed by atoms with Crippen molar-refractivity contribution in [1.29, 1.82) is 0 Å². The second kappa shape index (κ2) is 11.2. The van der Waals surface area contributed by atoms with Gasteiger partial charge in [0, 0.05) is 32.0 Å². The van der Waals surface area contributed by atoms with Crippen molar-refractivity contribution in [1.82, 2.24) is 14.4 Å². The molecule has 0 saturated carbocycles. The lowest BCUT2D eigenvalue weighted by atomic mass is 10.1. The van der Waals surface area contributed by atoms with Gasteiger partial charge in [-0.15, -0.1) is 0 Å². The third kappa shape index (κ3) is 6.40. The number of rotatable bonds is 9. The Hall–Kier alpha value is -2.71. The molecule has 1 aliphatic rings. The second-order valence-corrected chi connectivity index (χ2v) is 11.2. The van der Waals surface area contributed by atoms with Crippen LogP contribution >= 0.6 is 0 Å². The highest BCUT2D eigenvalue weighted by Gasteiger charge is 2.37. The summed E-state index contributed by atoms with van der Waals surface area (Å²) in [5.41, 5.74) is 1.72. The molecule has 0 spiro atoms. The van der Waals surface area contributed by atoms with Crippen LogP contribution in [0.2, 0.25) is 6.55 Å². The third-order valence-electron chi connectivity index (χ3n) is 5.75. The summed E-state index contributed by atoms with van der Waals surface area (Å²) in [5.74, 6) is 0.0953. The summed E-state index contributed by atoms with van der Waals surface area (Å²) in [6, 6.07) is 13.4. The maximum absolute atomic E-state index is 13.6. The standard InChI is InChI=1S/C24H33N4O3Si/c1-18(2)11-13-26-23-21(10-7-12-25-23)24(31)28-17-32(3)27(16-20(28)14-22(29)30)15-19-8-5-4-6-9-19/h4-10,12,18,20H,11,13-17H2,1-3H3,(H,25,26)(H,29,30)/t20-/m0/s1. The zero-order chi connectivity index (χ0) is 23.1. The Kier molecular flexibility index (Phi) is 8.41. The van der Waals surface area contributed by atoms with E-state index in [-0.39, 0.29) is 18.4 Å². The topological polar surface area (TPSA) is 85.8 Å². The van der Waals surface area contributed by atoms with Gasteiger partial charge in [0.05, 0.1) is 18.0 Å². The van der Waals surface area contributed by atoms with E-state index in [1.54, 1.807) is 23.2 Å². The van der Waals surface area contributed by atoms with E-state index < -0.39 is 14.9 Å². The fourth-order valence-corrected chi connectivity index (χ4v) is 6.02. The summed E-state index contributed by atoms with van der Waals surface area (Å²) in [7, 11) is -1.03. The SMILES string of the molecule is CC(C)CCNc1ncccc1C(=O)N1C[Si](C)N(Cc2ccccc2)C[C@@H]1CC(=O)O. The highest BCUT2D eigenvalue weighted by atomic mass is 28.3. The fraction of sp³-hybridized carbons (Fsp3) is 0.458. The van der Waals surface area contributed by atoms with Crippen LogP contribution in [0, 0.1) is 5.92 Å². The first-order valence-corrected chi connectivity index (χ1v) is 13.3. The molecule has 8 heteroatoms. The highest BCUT2D eigenvalue weighted by molar-refractivity contribution is 6.55. The zero-order valence-electron chi connectivity index (χ0n) is 19.1. The Balaban J connectivity index is 1.78. The van der Waals surface area contributed by atoms with Gasteiger partial charge in [0.1, 0.15) is 5.82 Å². The van der Waals surface area contributed by atoms with Crippen LogP contribution < -0.4 is 5.32 Å². The Morgan fingerprint density at radius 1 is 1.22 bits per heavy atom. The van der Waals surface area contributed by atoms with Gasteiger partial charge in [-0.3, -0.25) is 9.59 Å². The molecule has 171 valence electrons. The molecule has 1 aromatic carbocycles. The maximum Gasteiger partial charge on any atom is 0.305 e. The molecule has 1 radical (unpaired) electrons. The molecule has 1 fully saturated rings. The number of nitrogens with one attached hydrogen (secondary N) is 1. The Labute approximate surface area is 192 Å². The van der Waals surface area contributed by atoms with Crippen LogP contribution in [0.25, 0.3) is 0 Å². The van der Waals surface area contributed by atoms with Gasteiger partial charge in [0.25, 0.3) is 5.91 Å². The molecule has 3 rings (SSSR count). The van der Waals surface area contributed by atoms with Gasteiger partial charge in [0.2, 0.25) is 0 Å². The Morgan fingerprint density at radius 3 is 2.66 bits per heavy atom. The van der Waals surface area contributed by atoms with E-state index in [1.807, 2.05) is 18.2 Å². The summed E-state index contributed by atoms with van der Waals surface area (Å²) in [5, 5.41) is 12.8. The number of carboxylic acids is 1. The van der Waals surface area contributed by atoms with Crippen molar-refractivity contribution < 1.29 is 14.7 Å². The molecule has 1 saturated heterocycles. The second-order valence-electron chi connectivity index (χ2n) is 8.80. The van der Waals surface area contributed by atoms with E-state index in [0.717, 1.165) is 19.5 Å². The number of hydrogen-bond acceptors (Lipinski definition) is 5. The molecule has 2 heterocycles. The molecule has 0 aliphatic carbocycles. The normalized spacial score (nSPS) is 17.5. The zero-order valence-corrected chi connectivity index (χ0v) is 20.1. The average Bonchev–Trinajstić information content (AvgIpc) is 2.76. The minimum Gasteiger partial charge on any atom is -0.481 e. The van der Waals surface area contributed by atoms with Crippen molar-refractivity contribution >= 4 is 26.7 Å². The lowest BCUT2D eigenvalue weighted by Gasteiger charge is -2.44. The molecule has 32 heavy (non-hydrogen) atoms. The minimum absolute atomic E-state index is 0.0669. The first-order valence-electron chi connectivity index (χ1n) is 11.2. The number of carboxylic acid groups (broad SMARTS) is 1. The van der Waals surface area contributed by atoms with Gasteiger partial charge in [-0.2, -0.15) is 0 Å². The molecule has 0 bridgehead atoms. The number of carbonyl (C=O) groups is 2. The highest BCUT2D eigenvalue weighted by Crippen LogP contribution is 2.23. The predicted molar refractivity (Wildman–Crippen MR) is 128 cm³/mol. The van der Waals surface area contributed by atoms with Gasteiger partial charge in [0.15, 0.2) is 8.96 Å². The van der Waals surface area contributed by atoms with E-state index in [4.69, 9.17) is 0 Å². The summed E-state index contributed by atoms with van der Waals surface area (Å²) < 4.78 is 2.36. The molecule has 2 N–H and O–H groups in total. The average molecular weight is 454 g/mol. The van der Waals surface area contributed by atoms with E-state index in [1.165, 1.54) is 5.56 Å². The molecule has 1 atom stereocenters. The first kappa shape index (κ1) is 23.9. The van der Waals surface area contributed by atoms with Crippen molar-refractivity contribution in [3.63, 3.8) is 0 Å². The van der Waals surface area contributed by atoms with E-state index in [2.05, 4.69) is 47.4 Å². The van der Waals surface area contributed by atoms with E-state index >= 15 is 0 Å². The third-order valence-corrected chi connectivity index (χ3v) is 7.97. The van der Waals surface area contributed by atoms with Crippen LogP contribution in [-0.4, -0.2) is 65.7 Å². The number of aliphatic carboxylic acids is 1. The summed E-state index contributed by atoms with van der Waals surface area (Å²) in [4.78, 5) is 31.4. The first-order chi connectivity index (χ1) is 15.3. The smallest absolute Gasteiger partial charge is 0.305 e. The van der Waals surface area contributed by atoms with Crippen molar-refractivity contribution in [3.8, 4) is 0 Å². The van der Waals surface area contributed by atoms with Crippen molar-refractivity contribution in [2.45, 2.75) is 45.8 Å². The van der Waals surface area contributed by atoms with Gasteiger partial charge >= 0.3 is 5.97 Å². The van der Waals surface area contributed by atoms with Gasteiger partial charge in [-0.05, 0) is 30.0 Å². The van der Waals surface area contributed by atoms with Crippen LogP contribution in [0.15, 0.2) is 48.7 Å². The van der Waals surface area contributed by atoms with E-state index in [9.17, 15) is 14.7 Å². The summed E-state index contributed by atoms with van der Waals surface area (Å²) >= 11 is 0. The van der Waals surface area contributed by atoms with Gasteiger partial charge < -0.3 is 19.9 Å². The molecule has 1 aromatic heterocycles. The van der Waals surface area contributed by atoms with E-state index in [0.29, 0.717) is 30.0 Å². The number of anilines is 1. The Morgan fingerprint density at radius 2 is 1.97 bits per heavy atom. The fourth-order valence-electron chi connectivity index (χ4n) is 3.95. The number of benzene rings is 1. The number of nitrogens with zero attached hydrogens (tertiary/aromatic N) is 3. The largest absolute Gasteiger partial charge is 0.481 e. The van der Waals surface area contributed by atoms with Crippen LogP contribution in [-0.2, 0) is 11.3 Å². The number of aromatic nitrogens is 1. The number of pyridine rings is 1.